The zero-order valence-electron chi connectivity index (χ0n) is 8.34. The van der Waals surface area contributed by atoms with Crippen molar-refractivity contribution in [2.75, 3.05) is 0 Å². The van der Waals surface area contributed by atoms with Crippen LogP contribution in [0.3, 0.4) is 0 Å². The van der Waals surface area contributed by atoms with Gasteiger partial charge in [0.15, 0.2) is 0 Å². The van der Waals surface area contributed by atoms with Crippen LogP contribution in [0.4, 0.5) is 4.39 Å². The predicted molar refractivity (Wildman–Crippen MR) is 53.1 cm³/mol. The Morgan fingerprint density at radius 3 is 2.71 bits per heavy atom. The minimum atomic E-state index is -0.449. The highest BCUT2D eigenvalue weighted by molar-refractivity contribution is 5.33. The molecule has 0 spiro atoms. The SMILES string of the molecule is CC(C)NCc1ccc(C#N)c(F)c1. The number of benzene rings is 1. The molecule has 0 saturated carbocycles. The lowest BCUT2D eigenvalue weighted by molar-refractivity contribution is 0.581. The largest absolute Gasteiger partial charge is 0.310 e. The first-order valence-corrected chi connectivity index (χ1v) is 4.55. The van der Waals surface area contributed by atoms with Crippen LogP contribution in [0.1, 0.15) is 25.0 Å². The van der Waals surface area contributed by atoms with E-state index in [4.69, 9.17) is 5.26 Å². The van der Waals surface area contributed by atoms with E-state index in [1.807, 2.05) is 13.8 Å². The second-order valence-corrected chi connectivity index (χ2v) is 3.46. The molecule has 0 fully saturated rings. The van der Waals surface area contributed by atoms with Crippen molar-refractivity contribution < 1.29 is 4.39 Å². The van der Waals surface area contributed by atoms with Gasteiger partial charge in [-0.05, 0) is 17.7 Å². The first-order chi connectivity index (χ1) is 6.63. The summed E-state index contributed by atoms with van der Waals surface area (Å²) in [6.07, 6.45) is 0. The molecule has 0 radical (unpaired) electrons. The summed E-state index contributed by atoms with van der Waals surface area (Å²) in [5, 5.41) is 11.7. The van der Waals surface area contributed by atoms with Crippen molar-refractivity contribution in [3.63, 3.8) is 0 Å². The van der Waals surface area contributed by atoms with E-state index in [2.05, 4.69) is 5.32 Å². The predicted octanol–water partition coefficient (Wildman–Crippen LogP) is 2.20. The van der Waals surface area contributed by atoms with Crippen LogP contribution in [-0.2, 0) is 6.54 Å². The van der Waals surface area contributed by atoms with Crippen LogP contribution in [-0.4, -0.2) is 6.04 Å². The van der Waals surface area contributed by atoms with Crippen molar-refractivity contribution >= 4 is 0 Å². The molecule has 0 amide bonds. The molecule has 0 aromatic heterocycles. The van der Waals surface area contributed by atoms with Crippen LogP contribution in [0.2, 0.25) is 0 Å². The summed E-state index contributed by atoms with van der Waals surface area (Å²) in [7, 11) is 0. The number of nitrogens with zero attached hydrogens (tertiary/aromatic N) is 1. The molecule has 0 unspecified atom stereocenters. The molecule has 14 heavy (non-hydrogen) atoms. The van der Waals surface area contributed by atoms with Crippen molar-refractivity contribution in [2.45, 2.75) is 26.4 Å². The van der Waals surface area contributed by atoms with E-state index >= 15 is 0 Å². The van der Waals surface area contributed by atoms with Crippen LogP contribution in [0, 0.1) is 17.1 Å². The second-order valence-electron chi connectivity index (χ2n) is 3.46. The first kappa shape index (κ1) is 10.7. The smallest absolute Gasteiger partial charge is 0.141 e. The maximum absolute atomic E-state index is 13.1. The van der Waals surface area contributed by atoms with Gasteiger partial charge in [-0.25, -0.2) is 4.39 Å². The van der Waals surface area contributed by atoms with Crippen molar-refractivity contribution in [1.82, 2.24) is 5.32 Å². The highest BCUT2D eigenvalue weighted by Crippen LogP contribution is 2.09. The Hall–Kier alpha value is -1.40. The molecule has 0 atom stereocenters. The number of hydrogen-bond acceptors (Lipinski definition) is 2. The molecule has 0 aliphatic heterocycles. The van der Waals surface area contributed by atoms with Crippen molar-refractivity contribution in [2.24, 2.45) is 0 Å². The van der Waals surface area contributed by atoms with Gasteiger partial charge in [-0.15, -0.1) is 0 Å². The molecule has 1 aromatic carbocycles. The Labute approximate surface area is 83.4 Å². The fourth-order valence-electron chi connectivity index (χ4n) is 1.08. The van der Waals surface area contributed by atoms with Gasteiger partial charge >= 0.3 is 0 Å². The normalized spacial score (nSPS) is 10.2. The van der Waals surface area contributed by atoms with E-state index in [1.165, 1.54) is 12.1 Å². The van der Waals surface area contributed by atoms with E-state index in [0.717, 1.165) is 5.56 Å². The Bertz CT molecular complexity index is 353. The van der Waals surface area contributed by atoms with Crippen LogP contribution >= 0.6 is 0 Å². The molecular formula is C11H13FN2. The Balaban J connectivity index is 2.73. The van der Waals surface area contributed by atoms with Gasteiger partial charge in [0.2, 0.25) is 0 Å². The minimum Gasteiger partial charge on any atom is -0.310 e. The van der Waals surface area contributed by atoms with E-state index in [0.29, 0.717) is 12.6 Å². The molecule has 0 heterocycles. The van der Waals surface area contributed by atoms with Gasteiger partial charge in [0, 0.05) is 12.6 Å². The Morgan fingerprint density at radius 2 is 2.21 bits per heavy atom. The van der Waals surface area contributed by atoms with E-state index < -0.39 is 5.82 Å². The van der Waals surface area contributed by atoms with Crippen LogP contribution in [0.15, 0.2) is 18.2 Å². The standard InChI is InChI=1S/C11H13FN2/c1-8(2)14-7-9-3-4-10(6-13)11(12)5-9/h3-5,8,14H,7H2,1-2H3. The molecule has 1 aromatic rings. The third-order valence-electron chi connectivity index (χ3n) is 1.87. The molecule has 3 heteroatoms. The van der Waals surface area contributed by atoms with Crippen molar-refractivity contribution in [3.05, 3.63) is 35.1 Å². The van der Waals surface area contributed by atoms with Crippen molar-refractivity contribution in [3.8, 4) is 6.07 Å². The summed E-state index contributed by atoms with van der Waals surface area (Å²) in [6, 6.07) is 6.83. The lowest BCUT2D eigenvalue weighted by Gasteiger charge is -2.07. The number of rotatable bonds is 3. The van der Waals surface area contributed by atoms with E-state index in [-0.39, 0.29) is 5.56 Å². The lowest BCUT2D eigenvalue weighted by Crippen LogP contribution is -2.21. The van der Waals surface area contributed by atoms with Gasteiger partial charge in [-0.2, -0.15) is 5.26 Å². The topological polar surface area (TPSA) is 35.8 Å². The lowest BCUT2D eigenvalue weighted by atomic mass is 10.1. The average Bonchev–Trinajstić information content (AvgIpc) is 2.15. The summed E-state index contributed by atoms with van der Waals surface area (Å²) in [5.41, 5.74) is 0.952. The fraction of sp³-hybridized carbons (Fsp3) is 0.364. The number of nitriles is 1. The summed E-state index contributed by atoms with van der Waals surface area (Å²) < 4.78 is 13.1. The molecule has 0 bridgehead atoms. The molecule has 74 valence electrons. The highest BCUT2D eigenvalue weighted by Gasteiger charge is 2.02. The maximum atomic E-state index is 13.1. The van der Waals surface area contributed by atoms with Gasteiger partial charge in [0.05, 0.1) is 5.56 Å². The Morgan fingerprint density at radius 1 is 1.50 bits per heavy atom. The summed E-state index contributed by atoms with van der Waals surface area (Å²) in [4.78, 5) is 0. The van der Waals surface area contributed by atoms with Crippen LogP contribution in [0.25, 0.3) is 0 Å². The molecular weight excluding hydrogens is 179 g/mol. The quantitative estimate of drug-likeness (QED) is 0.796. The van der Waals surface area contributed by atoms with Gasteiger partial charge in [-0.1, -0.05) is 19.9 Å². The summed E-state index contributed by atoms with van der Waals surface area (Å²) >= 11 is 0. The van der Waals surface area contributed by atoms with Gasteiger partial charge in [0.25, 0.3) is 0 Å². The number of nitrogens with one attached hydrogen (secondary N) is 1. The first-order valence-electron chi connectivity index (χ1n) is 4.55. The fourth-order valence-corrected chi connectivity index (χ4v) is 1.08. The van der Waals surface area contributed by atoms with Gasteiger partial charge in [0.1, 0.15) is 11.9 Å². The third kappa shape index (κ3) is 2.82. The zero-order chi connectivity index (χ0) is 10.6. The minimum absolute atomic E-state index is 0.0956. The second kappa shape index (κ2) is 4.73. The highest BCUT2D eigenvalue weighted by atomic mass is 19.1. The number of hydrogen-bond donors (Lipinski definition) is 1. The molecule has 0 saturated heterocycles. The molecule has 2 nitrogen and oxygen atoms in total. The summed E-state index contributed by atoms with van der Waals surface area (Å²) in [6.45, 7) is 4.68. The summed E-state index contributed by atoms with van der Waals surface area (Å²) in [5.74, 6) is -0.449. The monoisotopic (exact) mass is 192 g/mol. The van der Waals surface area contributed by atoms with E-state index in [9.17, 15) is 4.39 Å². The molecule has 1 rings (SSSR count). The Kier molecular flexibility index (Phi) is 3.61. The van der Waals surface area contributed by atoms with E-state index in [1.54, 1.807) is 12.1 Å². The molecule has 0 aliphatic rings. The van der Waals surface area contributed by atoms with Crippen molar-refractivity contribution in [1.29, 1.82) is 5.26 Å². The van der Waals surface area contributed by atoms with Crippen LogP contribution < -0.4 is 5.32 Å². The molecule has 0 aliphatic carbocycles. The zero-order valence-corrected chi connectivity index (χ0v) is 8.34. The van der Waals surface area contributed by atoms with Crippen LogP contribution in [0.5, 0.6) is 0 Å². The maximum Gasteiger partial charge on any atom is 0.141 e. The van der Waals surface area contributed by atoms with Gasteiger partial charge < -0.3 is 5.32 Å². The molecule has 1 N–H and O–H groups in total. The number of halogens is 1. The third-order valence-corrected chi connectivity index (χ3v) is 1.87. The van der Waals surface area contributed by atoms with Gasteiger partial charge in [-0.3, -0.25) is 0 Å². The average molecular weight is 192 g/mol.